The van der Waals surface area contributed by atoms with E-state index in [1.807, 2.05) is 6.92 Å². The Bertz CT molecular complexity index is 643. The Morgan fingerprint density at radius 3 is 2.48 bits per heavy atom. The highest BCUT2D eigenvalue weighted by molar-refractivity contribution is 6.36. The molecule has 21 heavy (non-hydrogen) atoms. The van der Waals surface area contributed by atoms with Crippen molar-refractivity contribution < 1.29 is 9.18 Å². The highest BCUT2D eigenvalue weighted by Crippen LogP contribution is 2.21. The van der Waals surface area contributed by atoms with Gasteiger partial charge in [0.1, 0.15) is 5.82 Å². The summed E-state index contributed by atoms with van der Waals surface area (Å²) in [5.41, 5.74) is 1.34. The van der Waals surface area contributed by atoms with Crippen LogP contribution in [0.15, 0.2) is 42.5 Å². The van der Waals surface area contributed by atoms with Crippen molar-refractivity contribution in [2.75, 3.05) is 6.54 Å². The third kappa shape index (κ3) is 4.19. The van der Waals surface area contributed by atoms with E-state index in [0.717, 1.165) is 5.56 Å². The number of halogens is 3. The maximum absolute atomic E-state index is 12.9. The predicted octanol–water partition coefficient (Wildman–Crippen LogP) is 4.67. The number of carbonyl (C=O) groups is 1. The van der Waals surface area contributed by atoms with E-state index >= 15 is 0 Å². The first-order chi connectivity index (χ1) is 9.97. The molecule has 0 saturated heterocycles. The summed E-state index contributed by atoms with van der Waals surface area (Å²) in [5.74, 6) is -0.464. The number of hydrogen-bond acceptors (Lipinski definition) is 1. The quantitative estimate of drug-likeness (QED) is 0.869. The van der Waals surface area contributed by atoms with Crippen LogP contribution < -0.4 is 5.32 Å². The molecule has 0 aliphatic carbocycles. The molecule has 0 radical (unpaired) electrons. The van der Waals surface area contributed by atoms with E-state index in [-0.39, 0.29) is 17.6 Å². The van der Waals surface area contributed by atoms with Crippen LogP contribution in [0.4, 0.5) is 4.39 Å². The summed E-state index contributed by atoms with van der Waals surface area (Å²) in [4.78, 5) is 12.1. The Kier molecular flexibility index (Phi) is 5.21. The van der Waals surface area contributed by atoms with Crippen LogP contribution in [-0.2, 0) is 0 Å². The average molecular weight is 326 g/mol. The van der Waals surface area contributed by atoms with Gasteiger partial charge >= 0.3 is 0 Å². The van der Waals surface area contributed by atoms with Gasteiger partial charge in [-0.3, -0.25) is 4.79 Å². The zero-order valence-corrected chi connectivity index (χ0v) is 12.9. The van der Waals surface area contributed by atoms with Crippen molar-refractivity contribution in [3.63, 3.8) is 0 Å². The minimum absolute atomic E-state index is 0.0700. The van der Waals surface area contributed by atoms with Crippen molar-refractivity contribution in [2.45, 2.75) is 12.8 Å². The third-order valence-electron chi connectivity index (χ3n) is 3.18. The van der Waals surface area contributed by atoms with Crippen molar-refractivity contribution in [2.24, 2.45) is 0 Å². The molecule has 0 fully saturated rings. The molecular formula is C16H14Cl2FNO. The second kappa shape index (κ2) is 6.92. The molecule has 1 atom stereocenters. The highest BCUT2D eigenvalue weighted by Gasteiger charge is 2.12. The van der Waals surface area contributed by atoms with Crippen molar-refractivity contribution in [3.8, 4) is 0 Å². The standard InChI is InChI=1S/C16H14Cl2FNO/c1-10(11-2-5-13(19)6-3-11)9-20-16(21)14-7-4-12(17)8-15(14)18/h2-8,10H,9H2,1H3,(H,20,21). The van der Waals surface area contributed by atoms with E-state index in [1.165, 1.54) is 18.2 Å². The zero-order chi connectivity index (χ0) is 15.4. The second-order valence-electron chi connectivity index (χ2n) is 4.79. The largest absolute Gasteiger partial charge is 0.351 e. The molecule has 110 valence electrons. The first-order valence-electron chi connectivity index (χ1n) is 6.46. The minimum atomic E-state index is -0.275. The van der Waals surface area contributed by atoms with E-state index in [2.05, 4.69) is 5.32 Å². The number of amides is 1. The minimum Gasteiger partial charge on any atom is -0.351 e. The SMILES string of the molecule is CC(CNC(=O)c1ccc(Cl)cc1Cl)c1ccc(F)cc1. The highest BCUT2D eigenvalue weighted by atomic mass is 35.5. The van der Waals surface area contributed by atoms with Gasteiger partial charge in [-0.15, -0.1) is 0 Å². The summed E-state index contributed by atoms with van der Waals surface area (Å²) < 4.78 is 12.9. The van der Waals surface area contributed by atoms with E-state index in [1.54, 1.807) is 24.3 Å². The maximum atomic E-state index is 12.9. The average Bonchev–Trinajstić information content (AvgIpc) is 2.45. The first kappa shape index (κ1) is 15.8. The molecule has 2 nitrogen and oxygen atoms in total. The van der Waals surface area contributed by atoms with Gasteiger partial charge in [0, 0.05) is 11.6 Å². The van der Waals surface area contributed by atoms with Gasteiger partial charge in [0.05, 0.1) is 10.6 Å². The van der Waals surface area contributed by atoms with Gasteiger partial charge in [-0.1, -0.05) is 42.3 Å². The molecule has 1 unspecified atom stereocenters. The van der Waals surface area contributed by atoms with Gasteiger partial charge in [-0.25, -0.2) is 4.39 Å². The summed E-state index contributed by atoms with van der Waals surface area (Å²) in [7, 11) is 0. The Balaban J connectivity index is 1.99. The van der Waals surface area contributed by atoms with Gasteiger partial charge in [0.25, 0.3) is 5.91 Å². The van der Waals surface area contributed by atoms with Gasteiger partial charge in [0.15, 0.2) is 0 Å². The Labute approximate surface area is 132 Å². The van der Waals surface area contributed by atoms with Crippen LogP contribution in [0.1, 0.15) is 28.8 Å². The van der Waals surface area contributed by atoms with Crippen LogP contribution in [0, 0.1) is 5.82 Å². The molecule has 2 aromatic carbocycles. The molecule has 0 aliphatic heterocycles. The monoisotopic (exact) mass is 325 g/mol. The van der Waals surface area contributed by atoms with E-state index in [0.29, 0.717) is 22.2 Å². The van der Waals surface area contributed by atoms with Crippen LogP contribution in [0.25, 0.3) is 0 Å². The molecule has 0 spiro atoms. The van der Waals surface area contributed by atoms with Gasteiger partial charge in [0.2, 0.25) is 0 Å². The molecule has 0 heterocycles. The zero-order valence-electron chi connectivity index (χ0n) is 11.4. The van der Waals surface area contributed by atoms with Crippen LogP contribution in [0.5, 0.6) is 0 Å². The molecule has 2 rings (SSSR count). The second-order valence-corrected chi connectivity index (χ2v) is 5.63. The lowest BCUT2D eigenvalue weighted by Crippen LogP contribution is -2.27. The van der Waals surface area contributed by atoms with Crippen LogP contribution >= 0.6 is 23.2 Å². The van der Waals surface area contributed by atoms with Crippen LogP contribution in [0.2, 0.25) is 10.0 Å². The summed E-state index contributed by atoms with van der Waals surface area (Å²) in [6.07, 6.45) is 0. The first-order valence-corrected chi connectivity index (χ1v) is 7.21. The summed E-state index contributed by atoms with van der Waals surface area (Å²) in [6.45, 7) is 2.39. The summed E-state index contributed by atoms with van der Waals surface area (Å²) >= 11 is 11.8. The normalized spacial score (nSPS) is 12.0. The predicted molar refractivity (Wildman–Crippen MR) is 83.6 cm³/mol. The van der Waals surface area contributed by atoms with E-state index in [4.69, 9.17) is 23.2 Å². The van der Waals surface area contributed by atoms with Gasteiger partial charge in [-0.05, 0) is 41.8 Å². The van der Waals surface area contributed by atoms with Crippen molar-refractivity contribution in [3.05, 3.63) is 69.5 Å². The van der Waals surface area contributed by atoms with E-state index in [9.17, 15) is 9.18 Å². The Morgan fingerprint density at radius 2 is 1.86 bits per heavy atom. The number of hydrogen-bond donors (Lipinski definition) is 1. The molecule has 0 aromatic heterocycles. The van der Waals surface area contributed by atoms with Crippen LogP contribution in [-0.4, -0.2) is 12.5 Å². The Hall–Kier alpha value is -1.58. The molecule has 0 saturated carbocycles. The van der Waals surface area contributed by atoms with Crippen LogP contribution in [0.3, 0.4) is 0 Å². The van der Waals surface area contributed by atoms with Crippen molar-refractivity contribution in [1.29, 1.82) is 0 Å². The smallest absolute Gasteiger partial charge is 0.252 e. The fraction of sp³-hybridized carbons (Fsp3) is 0.188. The summed E-state index contributed by atoms with van der Waals surface area (Å²) in [6, 6.07) is 11.0. The molecule has 2 aromatic rings. The molecule has 0 bridgehead atoms. The molecule has 1 amide bonds. The number of carbonyl (C=O) groups excluding carboxylic acids is 1. The van der Waals surface area contributed by atoms with Crippen molar-refractivity contribution in [1.82, 2.24) is 5.32 Å². The number of rotatable bonds is 4. The van der Waals surface area contributed by atoms with Gasteiger partial charge in [-0.2, -0.15) is 0 Å². The van der Waals surface area contributed by atoms with Gasteiger partial charge < -0.3 is 5.32 Å². The fourth-order valence-corrected chi connectivity index (χ4v) is 2.42. The molecular weight excluding hydrogens is 312 g/mol. The maximum Gasteiger partial charge on any atom is 0.252 e. The van der Waals surface area contributed by atoms with Crippen molar-refractivity contribution >= 4 is 29.1 Å². The Morgan fingerprint density at radius 1 is 1.19 bits per heavy atom. The lowest BCUT2D eigenvalue weighted by molar-refractivity contribution is 0.0952. The molecule has 1 N–H and O–H groups in total. The summed E-state index contributed by atoms with van der Waals surface area (Å²) in [5, 5.41) is 3.61. The lowest BCUT2D eigenvalue weighted by Gasteiger charge is -2.13. The topological polar surface area (TPSA) is 29.1 Å². The molecule has 0 aliphatic rings. The third-order valence-corrected chi connectivity index (χ3v) is 3.73. The fourth-order valence-electron chi connectivity index (χ4n) is 1.92. The number of benzene rings is 2. The lowest BCUT2D eigenvalue weighted by atomic mass is 10.0. The van der Waals surface area contributed by atoms with E-state index < -0.39 is 0 Å². The number of nitrogens with one attached hydrogen (secondary N) is 1. The molecule has 5 heteroatoms.